The molecule has 0 amide bonds. The van der Waals surface area contributed by atoms with Gasteiger partial charge in [0.05, 0.1) is 12.2 Å². The first-order valence-corrected chi connectivity index (χ1v) is 10.1. The van der Waals surface area contributed by atoms with Gasteiger partial charge in [-0.25, -0.2) is 0 Å². The molecule has 0 bridgehead atoms. The SMILES string of the molecule is Cc1cc(Br)cc(C)c1OC(=O)C(C(O)c1ccccc1)C(O)c1ccccc1. The fraction of sp³-hybridized carbons (Fsp3) is 0.208. The third kappa shape index (κ3) is 4.93. The summed E-state index contributed by atoms with van der Waals surface area (Å²) in [5.41, 5.74) is 2.64. The van der Waals surface area contributed by atoms with Crippen LogP contribution in [0.25, 0.3) is 0 Å². The van der Waals surface area contributed by atoms with Crippen molar-refractivity contribution in [2.24, 2.45) is 5.92 Å². The number of rotatable bonds is 6. The van der Waals surface area contributed by atoms with Gasteiger partial charge in [0.1, 0.15) is 11.7 Å². The predicted molar refractivity (Wildman–Crippen MR) is 116 cm³/mol. The number of benzene rings is 3. The smallest absolute Gasteiger partial charge is 0.320 e. The van der Waals surface area contributed by atoms with Crippen LogP contribution in [-0.4, -0.2) is 16.2 Å². The second kappa shape index (κ2) is 9.35. The fourth-order valence-electron chi connectivity index (χ4n) is 3.37. The van der Waals surface area contributed by atoms with Crippen molar-refractivity contribution in [1.29, 1.82) is 0 Å². The van der Waals surface area contributed by atoms with Crippen LogP contribution in [0, 0.1) is 19.8 Å². The van der Waals surface area contributed by atoms with Gasteiger partial charge in [0.25, 0.3) is 0 Å². The Labute approximate surface area is 178 Å². The van der Waals surface area contributed by atoms with Crippen molar-refractivity contribution < 1.29 is 19.7 Å². The molecule has 0 saturated carbocycles. The van der Waals surface area contributed by atoms with E-state index in [0.29, 0.717) is 16.9 Å². The summed E-state index contributed by atoms with van der Waals surface area (Å²) in [4.78, 5) is 13.2. The van der Waals surface area contributed by atoms with E-state index < -0.39 is 24.1 Å². The summed E-state index contributed by atoms with van der Waals surface area (Å²) in [5, 5.41) is 21.9. The summed E-state index contributed by atoms with van der Waals surface area (Å²) in [7, 11) is 0. The van der Waals surface area contributed by atoms with Crippen LogP contribution >= 0.6 is 15.9 Å². The Kier molecular flexibility index (Phi) is 6.85. The molecule has 0 aromatic heterocycles. The monoisotopic (exact) mass is 454 g/mol. The van der Waals surface area contributed by atoms with Crippen LogP contribution in [0.5, 0.6) is 5.75 Å². The molecule has 2 atom stereocenters. The van der Waals surface area contributed by atoms with E-state index in [-0.39, 0.29) is 0 Å². The average Bonchev–Trinajstić information content (AvgIpc) is 2.72. The molecule has 0 aliphatic heterocycles. The zero-order chi connectivity index (χ0) is 21.0. The van der Waals surface area contributed by atoms with Gasteiger partial charge in [-0.2, -0.15) is 0 Å². The van der Waals surface area contributed by atoms with Crippen LogP contribution < -0.4 is 4.74 Å². The zero-order valence-electron chi connectivity index (χ0n) is 16.2. The standard InChI is InChI=1S/C24H23BrO4/c1-15-13-19(25)14-16(2)23(15)29-24(28)20(21(26)17-9-5-3-6-10-17)22(27)18-11-7-4-8-12-18/h3-14,20-22,26-27H,1-2H3. The number of ether oxygens (including phenoxy) is 1. The Morgan fingerprint density at radius 1 is 0.828 bits per heavy atom. The first-order chi connectivity index (χ1) is 13.9. The van der Waals surface area contributed by atoms with Gasteiger partial charge in [0.2, 0.25) is 0 Å². The van der Waals surface area contributed by atoms with Crippen LogP contribution in [-0.2, 0) is 4.79 Å². The normalized spacial score (nSPS) is 14.1. The largest absolute Gasteiger partial charge is 0.426 e. The van der Waals surface area contributed by atoms with E-state index in [1.165, 1.54) is 0 Å². The van der Waals surface area contributed by atoms with Gasteiger partial charge in [-0.1, -0.05) is 76.6 Å². The number of halogens is 1. The summed E-state index contributed by atoms with van der Waals surface area (Å²) in [6.07, 6.45) is -2.45. The molecule has 2 unspecified atom stereocenters. The number of aryl methyl sites for hydroxylation is 2. The fourth-order valence-corrected chi connectivity index (χ4v) is 4.06. The zero-order valence-corrected chi connectivity index (χ0v) is 17.8. The molecule has 3 aromatic carbocycles. The number of hydrogen-bond acceptors (Lipinski definition) is 4. The highest BCUT2D eigenvalue weighted by Crippen LogP contribution is 2.36. The van der Waals surface area contributed by atoms with Gasteiger partial charge in [-0.3, -0.25) is 4.79 Å². The number of carbonyl (C=O) groups is 1. The molecule has 5 heteroatoms. The molecule has 0 radical (unpaired) electrons. The summed E-state index contributed by atoms with van der Waals surface area (Å²) in [6, 6.07) is 21.3. The summed E-state index contributed by atoms with van der Waals surface area (Å²) < 4.78 is 6.59. The third-order valence-electron chi connectivity index (χ3n) is 4.86. The molecule has 0 fully saturated rings. The lowest BCUT2D eigenvalue weighted by atomic mass is 9.87. The van der Waals surface area contributed by atoms with E-state index in [4.69, 9.17) is 4.74 Å². The predicted octanol–water partition coefficient (Wildman–Crippen LogP) is 5.05. The second-order valence-electron chi connectivity index (χ2n) is 7.03. The van der Waals surface area contributed by atoms with Crippen molar-refractivity contribution >= 4 is 21.9 Å². The minimum atomic E-state index is -1.23. The summed E-state index contributed by atoms with van der Waals surface area (Å²) in [5.74, 6) is -1.45. The van der Waals surface area contributed by atoms with Crippen LogP contribution in [0.2, 0.25) is 0 Å². The Hall–Kier alpha value is -2.47. The molecule has 3 aromatic rings. The molecular weight excluding hydrogens is 432 g/mol. The van der Waals surface area contributed by atoms with Gasteiger partial charge >= 0.3 is 5.97 Å². The van der Waals surface area contributed by atoms with E-state index in [0.717, 1.165) is 15.6 Å². The van der Waals surface area contributed by atoms with Crippen LogP contribution in [0.4, 0.5) is 0 Å². The molecule has 2 N–H and O–H groups in total. The Balaban J connectivity index is 1.97. The molecule has 3 rings (SSSR count). The average molecular weight is 455 g/mol. The lowest BCUT2D eigenvalue weighted by Gasteiger charge is -2.27. The summed E-state index contributed by atoms with van der Waals surface area (Å²) in [6.45, 7) is 3.69. The van der Waals surface area contributed by atoms with E-state index in [9.17, 15) is 15.0 Å². The third-order valence-corrected chi connectivity index (χ3v) is 5.32. The van der Waals surface area contributed by atoms with Crippen molar-refractivity contribution in [3.63, 3.8) is 0 Å². The first-order valence-electron chi connectivity index (χ1n) is 9.33. The van der Waals surface area contributed by atoms with E-state index in [1.54, 1.807) is 48.5 Å². The molecular formula is C24H23BrO4. The highest BCUT2D eigenvalue weighted by molar-refractivity contribution is 9.10. The molecule has 0 spiro atoms. The van der Waals surface area contributed by atoms with E-state index in [2.05, 4.69) is 15.9 Å². The molecule has 0 aliphatic carbocycles. The number of hydrogen-bond donors (Lipinski definition) is 2. The van der Waals surface area contributed by atoms with Gasteiger partial charge in [0.15, 0.2) is 0 Å². The maximum atomic E-state index is 13.2. The molecule has 0 heterocycles. The van der Waals surface area contributed by atoms with Crippen LogP contribution in [0.15, 0.2) is 77.3 Å². The molecule has 0 saturated heterocycles. The molecule has 150 valence electrons. The van der Waals surface area contributed by atoms with Gasteiger partial charge in [0, 0.05) is 4.47 Å². The van der Waals surface area contributed by atoms with E-state index in [1.807, 2.05) is 38.1 Å². The molecule has 0 aliphatic rings. The number of carbonyl (C=O) groups excluding carboxylic acids is 1. The van der Waals surface area contributed by atoms with Crippen molar-refractivity contribution in [3.8, 4) is 5.75 Å². The van der Waals surface area contributed by atoms with E-state index >= 15 is 0 Å². The Morgan fingerprint density at radius 2 is 1.24 bits per heavy atom. The van der Waals surface area contributed by atoms with Crippen molar-refractivity contribution in [2.45, 2.75) is 26.1 Å². The van der Waals surface area contributed by atoms with Crippen LogP contribution in [0.1, 0.15) is 34.5 Å². The lowest BCUT2D eigenvalue weighted by molar-refractivity contribution is -0.149. The quantitative estimate of drug-likeness (QED) is 0.403. The lowest BCUT2D eigenvalue weighted by Crippen LogP contribution is -2.32. The molecule has 29 heavy (non-hydrogen) atoms. The highest BCUT2D eigenvalue weighted by atomic mass is 79.9. The Morgan fingerprint density at radius 3 is 1.66 bits per heavy atom. The van der Waals surface area contributed by atoms with Gasteiger partial charge < -0.3 is 14.9 Å². The minimum absolute atomic E-state index is 0.434. The second-order valence-corrected chi connectivity index (χ2v) is 7.94. The van der Waals surface area contributed by atoms with Crippen LogP contribution in [0.3, 0.4) is 0 Å². The van der Waals surface area contributed by atoms with Gasteiger partial charge in [-0.15, -0.1) is 0 Å². The number of esters is 1. The maximum absolute atomic E-state index is 13.2. The van der Waals surface area contributed by atoms with Crippen molar-refractivity contribution in [1.82, 2.24) is 0 Å². The van der Waals surface area contributed by atoms with Gasteiger partial charge in [-0.05, 0) is 48.2 Å². The minimum Gasteiger partial charge on any atom is -0.426 e. The van der Waals surface area contributed by atoms with Crippen molar-refractivity contribution in [3.05, 3.63) is 99.5 Å². The number of aliphatic hydroxyl groups is 2. The maximum Gasteiger partial charge on any atom is 0.320 e. The molecule has 4 nitrogen and oxygen atoms in total. The topological polar surface area (TPSA) is 66.8 Å². The summed E-state index contributed by atoms with van der Waals surface area (Å²) >= 11 is 3.43. The van der Waals surface area contributed by atoms with Crippen molar-refractivity contribution in [2.75, 3.05) is 0 Å². The number of aliphatic hydroxyl groups excluding tert-OH is 2. The highest BCUT2D eigenvalue weighted by Gasteiger charge is 2.37. The Bertz CT molecular complexity index is 904. The first kappa shape index (κ1) is 21.2.